The first-order chi connectivity index (χ1) is 14.3. The van der Waals surface area contributed by atoms with Gasteiger partial charge in [-0.15, -0.1) is 0 Å². The SMILES string of the molecule is C[C@@H](NS(=O)(=O)c1ccc(CCC(=O)Nc2cccc(F)c2)cc1)c1ccccc1. The molecule has 0 bridgehead atoms. The van der Waals surface area contributed by atoms with Gasteiger partial charge in [-0.05, 0) is 54.8 Å². The molecule has 0 aliphatic carbocycles. The summed E-state index contributed by atoms with van der Waals surface area (Å²) in [6.07, 6.45) is 0.640. The van der Waals surface area contributed by atoms with E-state index >= 15 is 0 Å². The molecule has 0 spiro atoms. The van der Waals surface area contributed by atoms with Crippen molar-refractivity contribution in [3.05, 3.63) is 95.8 Å². The minimum Gasteiger partial charge on any atom is -0.326 e. The standard InChI is InChI=1S/C23H23FN2O3S/c1-17(19-6-3-2-4-7-19)26-30(28,29)22-13-10-18(11-14-22)12-15-23(27)25-21-9-5-8-20(24)16-21/h2-11,13-14,16-17,26H,12,15H2,1H3,(H,25,27)/t17-/m1/s1. The summed E-state index contributed by atoms with van der Waals surface area (Å²) < 4.78 is 41.1. The van der Waals surface area contributed by atoms with Crippen molar-refractivity contribution >= 4 is 21.6 Å². The van der Waals surface area contributed by atoms with E-state index in [4.69, 9.17) is 0 Å². The Morgan fingerprint density at radius 3 is 2.33 bits per heavy atom. The Morgan fingerprint density at radius 1 is 0.967 bits per heavy atom. The molecular weight excluding hydrogens is 403 g/mol. The van der Waals surface area contributed by atoms with Gasteiger partial charge in [0.05, 0.1) is 4.90 Å². The highest BCUT2D eigenvalue weighted by atomic mass is 32.2. The van der Waals surface area contributed by atoms with E-state index in [0.717, 1.165) is 11.1 Å². The Balaban J connectivity index is 1.56. The van der Waals surface area contributed by atoms with E-state index in [2.05, 4.69) is 10.0 Å². The molecule has 0 aliphatic rings. The Labute approximate surface area is 176 Å². The van der Waals surface area contributed by atoms with E-state index in [1.165, 1.54) is 30.3 Å². The Kier molecular flexibility index (Phi) is 6.97. The minimum absolute atomic E-state index is 0.165. The lowest BCUT2D eigenvalue weighted by molar-refractivity contribution is -0.116. The second kappa shape index (κ2) is 9.65. The van der Waals surface area contributed by atoms with Crippen LogP contribution in [-0.2, 0) is 21.2 Å². The van der Waals surface area contributed by atoms with Crippen LogP contribution in [-0.4, -0.2) is 14.3 Å². The third-order valence-corrected chi connectivity index (χ3v) is 6.17. The molecule has 156 valence electrons. The summed E-state index contributed by atoms with van der Waals surface area (Å²) in [5.41, 5.74) is 2.11. The molecule has 3 rings (SSSR count). The third kappa shape index (κ3) is 5.98. The predicted molar refractivity (Wildman–Crippen MR) is 115 cm³/mol. The molecule has 0 heterocycles. The van der Waals surface area contributed by atoms with Crippen LogP contribution >= 0.6 is 0 Å². The van der Waals surface area contributed by atoms with Crippen molar-refractivity contribution in [2.75, 3.05) is 5.32 Å². The number of aryl methyl sites for hydroxylation is 1. The highest BCUT2D eigenvalue weighted by Crippen LogP contribution is 2.18. The first kappa shape index (κ1) is 21.7. The van der Waals surface area contributed by atoms with Crippen LogP contribution in [0.5, 0.6) is 0 Å². The van der Waals surface area contributed by atoms with Gasteiger partial charge in [0.2, 0.25) is 15.9 Å². The molecule has 7 heteroatoms. The van der Waals surface area contributed by atoms with Gasteiger partial charge < -0.3 is 5.32 Å². The maximum Gasteiger partial charge on any atom is 0.241 e. The van der Waals surface area contributed by atoms with Gasteiger partial charge in [-0.25, -0.2) is 17.5 Å². The van der Waals surface area contributed by atoms with Crippen LogP contribution in [0.1, 0.15) is 30.5 Å². The first-order valence-corrected chi connectivity index (χ1v) is 11.0. The molecule has 0 fully saturated rings. The van der Waals surface area contributed by atoms with Gasteiger partial charge in [0.15, 0.2) is 0 Å². The molecule has 0 radical (unpaired) electrons. The van der Waals surface area contributed by atoms with E-state index in [0.29, 0.717) is 12.1 Å². The van der Waals surface area contributed by atoms with Crippen molar-refractivity contribution < 1.29 is 17.6 Å². The topological polar surface area (TPSA) is 75.3 Å². The van der Waals surface area contributed by atoms with Crippen molar-refractivity contribution in [2.24, 2.45) is 0 Å². The molecule has 0 unspecified atom stereocenters. The first-order valence-electron chi connectivity index (χ1n) is 9.55. The third-order valence-electron chi connectivity index (χ3n) is 4.61. The summed E-state index contributed by atoms with van der Waals surface area (Å²) >= 11 is 0. The fourth-order valence-electron chi connectivity index (χ4n) is 2.99. The number of halogens is 1. The second-order valence-corrected chi connectivity index (χ2v) is 8.67. The Bertz CT molecular complexity index is 1100. The van der Waals surface area contributed by atoms with Crippen LogP contribution in [0.25, 0.3) is 0 Å². The quantitative estimate of drug-likeness (QED) is 0.559. The Morgan fingerprint density at radius 2 is 1.67 bits per heavy atom. The number of nitrogens with one attached hydrogen (secondary N) is 2. The van der Waals surface area contributed by atoms with Crippen LogP contribution in [0.2, 0.25) is 0 Å². The van der Waals surface area contributed by atoms with E-state index in [-0.39, 0.29) is 23.3 Å². The van der Waals surface area contributed by atoms with E-state index in [1.54, 1.807) is 25.1 Å². The number of benzene rings is 3. The second-order valence-electron chi connectivity index (χ2n) is 6.96. The van der Waals surface area contributed by atoms with Gasteiger partial charge in [-0.2, -0.15) is 0 Å². The van der Waals surface area contributed by atoms with E-state index in [1.807, 2.05) is 30.3 Å². The number of hydrogen-bond acceptors (Lipinski definition) is 3. The number of hydrogen-bond donors (Lipinski definition) is 2. The van der Waals surface area contributed by atoms with Crippen molar-refractivity contribution in [2.45, 2.75) is 30.7 Å². The van der Waals surface area contributed by atoms with Gasteiger partial charge in [-0.1, -0.05) is 48.5 Å². The Hall–Kier alpha value is -3.03. The summed E-state index contributed by atoms with van der Waals surface area (Å²) in [6.45, 7) is 1.79. The number of carbonyl (C=O) groups excluding carboxylic acids is 1. The van der Waals surface area contributed by atoms with Crippen LogP contribution in [0.4, 0.5) is 10.1 Å². The summed E-state index contributed by atoms with van der Waals surface area (Å²) in [7, 11) is -3.67. The zero-order valence-electron chi connectivity index (χ0n) is 16.5. The van der Waals surface area contributed by atoms with Crippen LogP contribution < -0.4 is 10.0 Å². The van der Waals surface area contributed by atoms with Crippen molar-refractivity contribution in [1.82, 2.24) is 4.72 Å². The maximum absolute atomic E-state index is 13.2. The summed E-state index contributed by atoms with van der Waals surface area (Å²) in [4.78, 5) is 12.2. The predicted octanol–water partition coefficient (Wildman–Crippen LogP) is 4.44. The average Bonchev–Trinajstić information content (AvgIpc) is 2.73. The largest absolute Gasteiger partial charge is 0.326 e. The summed E-state index contributed by atoms with van der Waals surface area (Å²) in [5.74, 6) is -0.657. The monoisotopic (exact) mass is 426 g/mol. The van der Waals surface area contributed by atoms with Gasteiger partial charge in [0.1, 0.15) is 5.82 Å². The fourth-order valence-corrected chi connectivity index (χ4v) is 4.23. The summed E-state index contributed by atoms with van der Waals surface area (Å²) in [6, 6.07) is 21.1. The van der Waals surface area contributed by atoms with Crippen molar-refractivity contribution in [1.29, 1.82) is 0 Å². The van der Waals surface area contributed by atoms with E-state index < -0.39 is 15.8 Å². The van der Waals surface area contributed by atoms with Gasteiger partial charge in [-0.3, -0.25) is 4.79 Å². The number of sulfonamides is 1. The number of carbonyl (C=O) groups is 1. The maximum atomic E-state index is 13.2. The van der Waals surface area contributed by atoms with Gasteiger partial charge in [0.25, 0.3) is 0 Å². The van der Waals surface area contributed by atoms with Gasteiger partial charge in [0, 0.05) is 18.2 Å². The van der Waals surface area contributed by atoms with Crippen molar-refractivity contribution in [3.63, 3.8) is 0 Å². The molecule has 1 amide bonds. The highest BCUT2D eigenvalue weighted by Gasteiger charge is 2.18. The summed E-state index contributed by atoms with van der Waals surface area (Å²) in [5, 5.41) is 2.64. The molecule has 0 saturated heterocycles. The molecule has 2 N–H and O–H groups in total. The normalized spacial score (nSPS) is 12.3. The molecule has 30 heavy (non-hydrogen) atoms. The highest BCUT2D eigenvalue weighted by molar-refractivity contribution is 7.89. The number of rotatable bonds is 8. The van der Waals surface area contributed by atoms with Crippen molar-refractivity contribution in [3.8, 4) is 0 Å². The lowest BCUT2D eigenvalue weighted by atomic mass is 10.1. The zero-order valence-corrected chi connectivity index (χ0v) is 17.3. The molecule has 0 aliphatic heterocycles. The van der Waals surface area contributed by atoms with Crippen LogP contribution in [0.3, 0.4) is 0 Å². The number of anilines is 1. The molecular formula is C23H23FN2O3S. The smallest absolute Gasteiger partial charge is 0.241 e. The van der Waals surface area contributed by atoms with Gasteiger partial charge >= 0.3 is 0 Å². The molecule has 0 aromatic heterocycles. The molecule has 3 aromatic rings. The lowest BCUT2D eigenvalue weighted by Crippen LogP contribution is -2.26. The van der Waals surface area contributed by atoms with Crippen LogP contribution in [0, 0.1) is 5.82 Å². The van der Waals surface area contributed by atoms with E-state index in [9.17, 15) is 17.6 Å². The minimum atomic E-state index is -3.67. The lowest BCUT2D eigenvalue weighted by Gasteiger charge is -2.15. The molecule has 3 aromatic carbocycles. The zero-order chi connectivity index (χ0) is 21.6. The molecule has 1 atom stereocenters. The molecule has 5 nitrogen and oxygen atoms in total. The fraction of sp³-hybridized carbons (Fsp3) is 0.174. The molecule has 0 saturated carbocycles. The number of amides is 1. The van der Waals surface area contributed by atoms with Crippen LogP contribution in [0.15, 0.2) is 83.8 Å². The average molecular weight is 427 g/mol.